The van der Waals surface area contributed by atoms with E-state index in [1.807, 2.05) is 0 Å². The molecule has 0 aromatic heterocycles. The fourth-order valence-corrected chi connectivity index (χ4v) is 2.43. The molecule has 0 radical (unpaired) electrons. The zero-order valence-corrected chi connectivity index (χ0v) is 12.5. The van der Waals surface area contributed by atoms with Crippen molar-refractivity contribution in [3.05, 3.63) is 34.3 Å². The number of nitrogens with zero attached hydrogens (tertiary/aromatic N) is 1. The van der Waals surface area contributed by atoms with Crippen molar-refractivity contribution in [2.45, 2.75) is 12.5 Å². The maximum atomic E-state index is 11.8. The van der Waals surface area contributed by atoms with E-state index in [-0.39, 0.29) is 5.91 Å². The summed E-state index contributed by atoms with van der Waals surface area (Å²) in [7, 11) is 1.75. The van der Waals surface area contributed by atoms with Gasteiger partial charge in [-0.25, -0.2) is 4.79 Å². The van der Waals surface area contributed by atoms with E-state index in [4.69, 9.17) is 9.84 Å². The highest BCUT2D eigenvalue weighted by Crippen LogP contribution is 2.29. The Hall–Kier alpha value is -1.82. The molecule has 0 saturated carbocycles. The van der Waals surface area contributed by atoms with Gasteiger partial charge in [0.2, 0.25) is 0 Å². The van der Waals surface area contributed by atoms with Crippen LogP contribution in [-0.2, 0) is 9.59 Å². The van der Waals surface area contributed by atoms with Gasteiger partial charge in [0.15, 0.2) is 6.10 Å². The summed E-state index contributed by atoms with van der Waals surface area (Å²) in [6, 6.07) is 5.21. The van der Waals surface area contributed by atoms with Crippen LogP contribution in [0.5, 0.6) is 5.75 Å². The second kappa shape index (κ2) is 6.09. The van der Waals surface area contributed by atoms with E-state index in [0.717, 1.165) is 11.6 Å². The maximum Gasteiger partial charge on any atom is 0.328 e. The molecule has 1 aliphatic rings. The average molecular weight is 340 g/mol. The molecule has 1 atom stereocenters. The molecule has 1 aliphatic heterocycles. The molecule has 5 nitrogen and oxygen atoms in total. The first kappa shape index (κ1) is 14.6. The number of carboxylic acid groups (broad SMARTS) is 1. The molecule has 20 heavy (non-hydrogen) atoms. The first-order chi connectivity index (χ1) is 9.47. The lowest BCUT2D eigenvalue weighted by Gasteiger charge is -2.14. The highest BCUT2D eigenvalue weighted by molar-refractivity contribution is 9.10. The van der Waals surface area contributed by atoms with Crippen LogP contribution in [0, 0.1) is 0 Å². The van der Waals surface area contributed by atoms with Crippen molar-refractivity contribution in [3.63, 3.8) is 0 Å². The lowest BCUT2D eigenvalue weighted by molar-refractivity contribution is -0.132. The molecule has 1 unspecified atom stereocenters. The average Bonchev–Trinajstić information content (AvgIpc) is 2.71. The van der Waals surface area contributed by atoms with Crippen LogP contribution in [0.25, 0.3) is 6.08 Å². The summed E-state index contributed by atoms with van der Waals surface area (Å²) < 4.78 is 6.38. The summed E-state index contributed by atoms with van der Waals surface area (Å²) in [4.78, 5) is 23.9. The Labute approximate surface area is 125 Å². The minimum absolute atomic E-state index is 0.0215. The third-order valence-electron chi connectivity index (χ3n) is 3.02. The van der Waals surface area contributed by atoms with Crippen molar-refractivity contribution in [2.75, 3.05) is 13.6 Å². The number of hydrogen-bond acceptors (Lipinski definition) is 3. The van der Waals surface area contributed by atoms with Gasteiger partial charge in [-0.15, -0.1) is 0 Å². The van der Waals surface area contributed by atoms with Crippen molar-refractivity contribution in [1.29, 1.82) is 0 Å². The Morgan fingerprint density at radius 1 is 1.55 bits per heavy atom. The fraction of sp³-hybridized carbons (Fsp3) is 0.286. The van der Waals surface area contributed by atoms with Crippen LogP contribution in [0.3, 0.4) is 0 Å². The highest BCUT2D eigenvalue weighted by Gasteiger charge is 2.31. The van der Waals surface area contributed by atoms with Crippen LogP contribution in [0.15, 0.2) is 28.7 Å². The molecule has 1 aromatic carbocycles. The van der Waals surface area contributed by atoms with Gasteiger partial charge in [0.05, 0.1) is 4.47 Å². The van der Waals surface area contributed by atoms with E-state index in [0.29, 0.717) is 23.2 Å². The molecule has 1 aromatic rings. The number of carbonyl (C=O) groups is 2. The summed E-state index contributed by atoms with van der Waals surface area (Å²) in [5, 5.41) is 8.58. The summed E-state index contributed by atoms with van der Waals surface area (Å²) in [5.74, 6) is -0.445. The standard InChI is InChI=1S/C14H14BrNO4/c1-16-7-6-12(14(16)19)20-11-4-2-9(8-10(11)15)3-5-13(17)18/h2-5,8,12H,6-7H2,1H3,(H,17,18). The van der Waals surface area contributed by atoms with E-state index in [9.17, 15) is 9.59 Å². The molecule has 1 fully saturated rings. The smallest absolute Gasteiger partial charge is 0.328 e. The first-order valence-corrected chi connectivity index (χ1v) is 6.89. The van der Waals surface area contributed by atoms with Crippen molar-refractivity contribution >= 4 is 33.9 Å². The monoisotopic (exact) mass is 339 g/mol. The molecule has 6 heteroatoms. The predicted molar refractivity (Wildman–Crippen MR) is 77.5 cm³/mol. The molecular weight excluding hydrogens is 326 g/mol. The SMILES string of the molecule is CN1CCC(Oc2ccc(C=CC(=O)O)cc2Br)C1=O. The molecule has 106 valence electrons. The first-order valence-electron chi connectivity index (χ1n) is 6.09. The number of likely N-dealkylation sites (tertiary alicyclic amines) is 1. The molecule has 1 N–H and O–H groups in total. The maximum absolute atomic E-state index is 11.8. The third-order valence-corrected chi connectivity index (χ3v) is 3.64. The van der Waals surface area contributed by atoms with Crippen molar-refractivity contribution < 1.29 is 19.4 Å². The van der Waals surface area contributed by atoms with Crippen LogP contribution >= 0.6 is 15.9 Å². The van der Waals surface area contributed by atoms with Gasteiger partial charge < -0.3 is 14.7 Å². The van der Waals surface area contributed by atoms with Gasteiger partial charge in [0, 0.05) is 26.1 Å². The molecular formula is C14H14BrNO4. The number of hydrogen-bond donors (Lipinski definition) is 1. The molecule has 1 heterocycles. The molecule has 0 aliphatic carbocycles. The van der Waals surface area contributed by atoms with Crippen molar-refractivity contribution in [2.24, 2.45) is 0 Å². The van der Waals surface area contributed by atoms with E-state index in [1.54, 1.807) is 30.1 Å². The van der Waals surface area contributed by atoms with Gasteiger partial charge in [-0.2, -0.15) is 0 Å². The summed E-state index contributed by atoms with van der Waals surface area (Å²) in [5.41, 5.74) is 0.737. The number of ether oxygens (including phenoxy) is 1. The van der Waals surface area contributed by atoms with Gasteiger partial charge in [-0.1, -0.05) is 6.07 Å². The Kier molecular flexibility index (Phi) is 4.44. The van der Waals surface area contributed by atoms with E-state index < -0.39 is 12.1 Å². The second-order valence-electron chi connectivity index (χ2n) is 4.52. The summed E-state index contributed by atoms with van der Waals surface area (Å²) >= 11 is 3.37. The van der Waals surface area contributed by atoms with E-state index in [1.165, 1.54) is 6.08 Å². The number of carboxylic acids is 1. The van der Waals surface area contributed by atoms with Crippen LogP contribution in [0.4, 0.5) is 0 Å². The molecule has 1 saturated heterocycles. The second-order valence-corrected chi connectivity index (χ2v) is 5.37. The summed E-state index contributed by atoms with van der Waals surface area (Å²) in [6.45, 7) is 0.695. The quantitative estimate of drug-likeness (QED) is 0.853. The number of amides is 1. The van der Waals surface area contributed by atoms with Crippen LogP contribution in [0.2, 0.25) is 0 Å². The minimum atomic E-state index is -0.999. The minimum Gasteiger partial charge on any atom is -0.479 e. The topological polar surface area (TPSA) is 66.8 Å². The Morgan fingerprint density at radius 2 is 2.30 bits per heavy atom. The number of carbonyl (C=O) groups excluding carboxylic acids is 1. The zero-order chi connectivity index (χ0) is 14.7. The van der Waals surface area contributed by atoms with Crippen molar-refractivity contribution in [1.82, 2.24) is 4.90 Å². The van der Waals surface area contributed by atoms with Gasteiger partial charge in [0.25, 0.3) is 5.91 Å². The Bertz CT molecular complexity index is 570. The van der Waals surface area contributed by atoms with Gasteiger partial charge in [-0.3, -0.25) is 4.79 Å². The van der Waals surface area contributed by atoms with E-state index in [2.05, 4.69) is 15.9 Å². The summed E-state index contributed by atoms with van der Waals surface area (Å²) in [6.07, 6.45) is 2.78. The largest absolute Gasteiger partial charge is 0.479 e. The highest BCUT2D eigenvalue weighted by atomic mass is 79.9. The Morgan fingerprint density at radius 3 is 2.85 bits per heavy atom. The number of halogens is 1. The molecule has 1 amide bonds. The molecule has 2 rings (SSSR count). The zero-order valence-electron chi connectivity index (χ0n) is 10.9. The van der Waals surface area contributed by atoms with Crippen LogP contribution in [0.1, 0.15) is 12.0 Å². The van der Waals surface area contributed by atoms with Crippen molar-refractivity contribution in [3.8, 4) is 5.75 Å². The van der Waals surface area contributed by atoms with Gasteiger partial charge >= 0.3 is 5.97 Å². The predicted octanol–water partition coefficient (Wildman–Crippen LogP) is 2.16. The lowest BCUT2D eigenvalue weighted by atomic mass is 10.2. The molecule has 0 spiro atoms. The third kappa shape index (κ3) is 3.39. The van der Waals surface area contributed by atoms with E-state index >= 15 is 0 Å². The number of benzene rings is 1. The van der Waals surface area contributed by atoms with Gasteiger partial charge in [0.1, 0.15) is 5.75 Å². The number of rotatable bonds is 4. The van der Waals surface area contributed by atoms with Crippen LogP contribution < -0.4 is 4.74 Å². The Balaban J connectivity index is 2.10. The molecule has 0 bridgehead atoms. The van der Waals surface area contributed by atoms with Crippen LogP contribution in [-0.4, -0.2) is 41.6 Å². The number of aliphatic carboxylic acids is 1. The normalized spacial score (nSPS) is 18.8. The fourth-order valence-electron chi connectivity index (χ4n) is 1.94. The lowest BCUT2D eigenvalue weighted by Crippen LogP contribution is -2.29. The van der Waals surface area contributed by atoms with Gasteiger partial charge in [-0.05, 0) is 39.7 Å². The number of likely N-dealkylation sites (N-methyl/N-ethyl adjacent to an activating group) is 1.